The highest BCUT2D eigenvalue weighted by molar-refractivity contribution is 5.77. The third kappa shape index (κ3) is 3.93. The third-order valence-corrected chi connectivity index (χ3v) is 3.01. The lowest BCUT2D eigenvalue weighted by atomic mass is 10.1. The predicted octanol–water partition coefficient (Wildman–Crippen LogP) is 3.08. The van der Waals surface area contributed by atoms with Crippen molar-refractivity contribution < 1.29 is 9.53 Å². The van der Waals surface area contributed by atoms with Gasteiger partial charge in [-0.05, 0) is 18.1 Å². The second kappa shape index (κ2) is 7.46. The highest BCUT2D eigenvalue weighted by atomic mass is 16.5. The van der Waals surface area contributed by atoms with Gasteiger partial charge in [-0.3, -0.25) is 5.32 Å². The minimum atomic E-state index is -0.434. The number of esters is 1. The van der Waals surface area contributed by atoms with E-state index in [1.807, 2.05) is 67.6 Å². The van der Waals surface area contributed by atoms with Gasteiger partial charge in [0.25, 0.3) is 0 Å². The molecule has 1 N–H and O–H groups in total. The first-order valence-corrected chi connectivity index (χ1v) is 6.80. The van der Waals surface area contributed by atoms with E-state index in [2.05, 4.69) is 5.32 Å². The largest absolute Gasteiger partial charge is 0.465 e. The molecule has 0 unspecified atom stereocenters. The number of hydrogen-bond acceptors (Lipinski definition) is 3. The Morgan fingerprint density at radius 3 is 2.25 bits per heavy atom. The van der Waals surface area contributed by atoms with Crippen LogP contribution in [0, 0.1) is 0 Å². The van der Waals surface area contributed by atoms with Crippen LogP contribution in [0.4, 0.5) is 0 Å². The first-order valence-electron chi connectivity index (χ1n) is 6.80. The van der Waals surface area contributed by atoms with Gasteiger partial charge in [0.05, 0.1) is 6.61 Å². The van der Waals surface area contributed by atoms with Crippen LogP contribution in [0.2, 0.25) is 0 Å². The van der Waals surface area contributed by atoms with Crippen molar-refractivity contribution in [2.45, 2.75) is 19.5 Å². The van der Waals surface area contributed by atoms with Gasteiger partial charge in [-0.2, -0.15) is 0 Å². The SMILES string of the molecule is CCOC(=O)[C@H](NCc1ccccc1)c1ccccc1. The van der Waals surface area contributed by atoms with Gasteiger partial charge in [0.2, 0.25) is 0 Å². The first kappa shape index (κ1) is 14.3. The van der Waals surface area contributed by atoms with Gasteiger partial charge >= 0.3 is 5.97 Å². The molecule has 20 heavy (non-hydrogen) atoms. The lowest BCUT2D eigenvalue weighted by Crippen LogP contribution is -2.29. The number of ether oxygens (including phenoxy) is 1. The van der Waals surface area contributed by atoms with E-state index < -0.39 is 6.04 Å². The quantitative estimate of drug-likeness (QED) is 0.819. The van der Waals surface area contributed by atoms with Gasteiger partial charge in [-0.1, -0.05) is 60.7 Å². The maximum Gasteiger partial charge on any atom is 0.327 e. The fourth-order valence-electron chi connectivity index (χ4n) is 2.02. The molecule has 3 nitrogen and oxygen atoms in total. The number of carbonyl (C=O) groups excluding carboxylic acids is 1. The number of carbonyl (C=O) groups is 1. The minimum Gasteiger partial charge on any atom is -0.465 e. The first-order chi connectivity index (χ1) is 9.81. The van der Waals surface area contributed by atoms with Gasteiger partial charge in [0.15, 0.2) is 0 Å². The summed E-state index contributed by atoms with van der Waals surface area (Å²) in [6.45, 7) is 2.82. The van der Waals surface area contributed by atoms with Gasteiger partial charge in [-0.25, -0.2) is 4.79 Å². The molecule has 0 aliphatic carbocycles. The van der Waals surface area contributed by atoms with Crippen LogP contribution in [0.15, 0.2) is 60.7 Å². The van der Waals surface area contributed by atoms with Crippen LogP contribution >= 0.6 is 0 Å². The van der Waals surface area contributed by atoms with Crippen molar-refractivity contribution in [1.29, 1.82) is 0 Å². The minimum absolute atomic E-state index is 0.241. The summed E-state index contributed by atoms with van der Waals surface area (Å²) < 4.78 is 5.15. The fourth-order valence-corrected chi connectivity index (χ4v) is 2.02. The van der Waals surface area contributed by atoms with Crippen molar-refractivity contribution in [1.82, 2.24) is 5.32 Å². The summed E-state index contributed by atoms with van der Waals surface area (Å²) in [7, 11) is 0. The van der Waals surface area contributed by atoms with Crippen molar-refractivity contribution in [3.8, 4) is 0 Å². The maximum absolute atomic E-state index is 12.1. The Morgan fingerprint density at radius 2 is 1.65 bits per heavy atom. The van der Waals surface area contributed by atoms with E-state index >= 15 is 0 Å². The van der Waals surface area contributed by atoms with Crippen molar-refractivity contribution in [3.63, 3.8) is 0 Å². The molecule has 0 saturated carbocycles. The highest BCUT2D eigenvalue weighted by Crippen LogP contribution is 2.15. The Bertz CT molecular complexity index is 525. The molecule has 0 radical (unpaired) electrons. The predicted molar refractivity (Wildman–Crippen MR) is 79.1 cm³/mol. The van der Waals surface area contributed by atoms with E-state index in [0.29, 0.717) is 13.2 Å². The molecule has 0 aromatic heterocycles. The Morgan fingerprint density at radius 1 is 1.05 bits per heavy atom. The smallest absolute Gasteiger partial charge is 0.327 e. The molecular formula is C17H19NO2. The molecule has 0 amide bonds. The topological polar surface area (TPSA) is 38.3 Å². The average molecular weight is 269 g/mol. The van der Waals surface area contributed by atoms with E-state index in [1.54, 1.807) is 0 Å². The molecule has 2 aromatic rings. The second-order valence-electron chi connectivity index (χ2n) is 4.46. The Labute approximate surface area is 119 Å². The summed E-state index contributed by atoms with van der Waals surface area (Å²) >= 11 is 0. The molecular weight excluding hydrogens is 250 g/mol. The number of benzene rings is 2. The lowest BCUT2D eigenvalue weighted by molar-refractivity contribution is -0.145. The Kier molecular flexibility index (Phi) is 5.33. The molecule has 0 bridgehead atoms. The number of nitrogens with one attached hydrogen (secondary N) is 1. The van der Waals surface area contributed by atoms with Crippen LogP contribution in [-0.4, -0.2) is 12.6 Å². The summed E-state index contributed by atoms with van der Waals surface area (Å²) in [4.78, 5) is 12.1. The Hall–Kier alpha value is -2.13. The zero-order valence-corrected chi connectivity index (χ0v) is 11.6. The summed E-state index contributed by atoms with van der Waals surface area (Å²) in [5, 5.41) is 3.26. The molecule has 0 fully saturated rings. The standard InChI is InChI=1S/C17H19NO2/c1-2-20-17(19)16(15-11-7-4-8-12-15)18-13-14-9-5-3-6-10-14/h3-12,16,18H,2,13H2,1H3/t16-/m1/s1. The second-order valence-corrected chi connectivity index (χ2v) is 4.46. The average Bonchev–Trinajstić information content (AvgIpc) is 2.50. The number of hydrogen-bond donors (Lipinski definition) is 1. The van der Waals surface area contributed by atoms with E-state index in [1.165, 1.54) is 0 Å². The Balaban J connectivity index is 2.09. The van der Waals surface area contributed by atoms with Crippen LogP contribution in [-0.2, 0) is 16.1 Å². The molecule has 0 aliphatic rings. The highest BCUT2D eigenvalue weighted by Gasteiger charge is 2.20. The maximum atomic E-state index is 12.1. The van der Waals surface area contributed by atoms with Crippen LogP contribution in [0.1, 0.15) is 24.1 Å². The molecule has 0 spiro atoms. The monoisotopic (exact) mass is 269 g/mol. The van der Waals surface area contributed by atoms with Crippen molar-refractivity contribution in [2.75, 3.05) is 6.61 Å². The van der Waals surface area contributed by atoms with Crippen molar-refractivity contribution >= 4 is 5.97 Å². The van der Waals surface area contributed by atoms with E-state index in [4.69, 9.17) is 4.74 Å². The van der Waals surface area contributed by atoms with Gasteiger partial charge < -0.3 is 4.74 Å². The molecule has 104 valence electrons. The zero-order valence-electron chi connectivity index (χ0n) is 11.6. The third-order valence-electron chi connectivity index (χ3n) is 3.01. The zero-order chi connectivity index (χ0) is 14.2. The van der Waals surface area contributed by atoms with Gasteiger partial charge in [-0.15, -0.1) is 0 Å². The summed E-state index contributed by atoms with van der Waals surface area (Å²) in [5.74, 6) is -0.241. The van der Waals surface area contributed by atoms with Gasteiger partial charge in [0, 0.05) is 6.54 Å². The van der Waals surface area contributed by atoms with Crippen LogP contribution < -0.4 is 5.32 Å². The molecule has 1 atom stereocenters. The van der Waals surface area contributed by atoms with E-state index in [0.717, 1.165) is 11.1 Å². The number of rotatable bonds is 6. The summed E-state index contributed by atoms with van der Waals surface area (Å²) in [6.07, 6.45) is 0. The molecule has 0 saturated heterocycles. The molecule has 2 aromatic carbocycles. The van der Waals surface area contributed by atoms with Crippen molar-refractivity contribution in [2.24, 2.45) is 0 Å². The molecule has 3 heteroatoms. The molecule has 0 aliphatic heterocycles. The summed E-state index contributed by atoms with van der Waals surface area (Å²) in [6, 6.07) is 19.2. The van der Waals surface area contributed by atoms with Gasteiger partial charge in [0.1, 0.15) is 6.04 Å². The van der Waals surface area contributed by atoms with E-state index in [9.17, 15) is 4.79 Å². The van der Waals surface area contributed by atoms with Crippen molar-refractivity contribution in [3.05, 3.63) is 71.8 Å². The van der Waals surface area contributed by atoms with Crippen LogP contribution in [0.5, 0.6) is 0 Å². The lowest BCUT2D eigenvalue weighted by Gasteiger charge is -2.17. The summed E-state index contributed by atoms with van der Waals surface area (Å²) in [5.41, 5.74) is 2.06. The van der Waals surface area contributed by atoms with Crippen LogP contribution in [0.3, 0.4) is 0 Å². The fraction of sp³-hybridized carbons (Fsp3) is 0.235. The molecule has 0 heterocycles. The van der Waals surface area contributed by atoms with Crippen LogP contribution in [0.25, 0.3) is 0 Å². The van der Waals surface area contributed by atoms with E-state index in [-0.39, 0.29) is 5.97 Å². The molecule has 2 rings (SSSR count). The normalized spacial score (nSPS) is 11.8.